The van der Waals surface area contributed by atoms with Crippen molar-refractivity contribution in [3.63, 3.8) is 0 Å². The van der Waals surface area contributed by atoms with E-state index >= 15 is 0 Å². The summed E-state index contributed by atoms with van der Waals surface area (Å²) < 4.78 is 12.5. The van der Waals surface area contributed by atoms with Crippen LogP contribution in [0.15, 0.2) is 12.1 Å². The third-order valence-electron chi connectivity index (χ3n) is 4.70. The molecule has 0 unspecified atom stereocenters. The number of ether oxygens (including phenoxy) is 2. The van der Waals surface area contributed by atoms with E-state index < -0.39 is 6.09 Å². The molecule has 25 heavy (non-hydrogen) atoms. The van der Waals surface area contributed by atoms with Crippen molar-refractivity contribution in [3.8, 4) is 5.75 Å². The van der Waals surface area contributed by atoms with Gasteiger partial charge in [0.2, 0.25) is 0 Å². The van der Waals surface area contributed by atoms with Crippen LogP contribution in [-0.4, -0.2) is 47.1 Å². The molecule has 8 heteroatoms. The predicted octanol–water partition coefficient (Wildman–Crippen LogP) is 2.85. The lowest BCUT2D eigenvalue weighted by Gasteiger charge is -2.40. The molecule has 2 aliphatic rings. The first-order valence-electron chi connectivity index (χ1n) is 8.36. The second kappa shape index (κ2) is 6.03. The fraction of sp³-hybridized carbons (Fsp3) is 0.529. The molecule has 0 bridgehead atoms. The van der Waals surface area contributed by atoms with E-state index in [0.29, 0.717) is 19.6 Å². The zero-order chi connectivity index (χ0) is 17.6. The first-order valence-corrected chi connectivity index (χ1v) is 9.18. The monoisotopic (exact) mass is 363 g/mol. The SMILES string of the molecule is CC1(C)C[C@@H](Nc2nc3c4c(ccc3s2)OCC4)[C@@H](NC(=O)O)CO1. The molecule has 134 valence electrons. The Morgan fingerprint density at radius 2 is 2.24 bits per heavy atom. The van der Waals surface area contributed by atoms with Crippen molar-refractivity contribution in [1.82, 2.24) is 10.3 Å². The van der Waals surface area contributed by atoms with Crippen molar-refractivity contribution in [2.45, 2.75) is 44.4 Å². The van der Waals surface area contributed by atoms with Crippen LogP contribution in [0.3, 0.4) is 0 Å². The summed E-state index contributed by atoms with van der Waals surface area (Å²) in [5, 5.41) is 15.9. The Bertz CT molecular complexity index is 820. The van der Waals surface area contributed by atoms with Crippen molar-refractivity contribution < 1.29 is 19.4 Å². The fourth-order valence-electron chi connectivity index (χ4n) is 3.50. The van der Waals surface area contributed by atoms with Gasteiger partial charge in [0.15, 0.2) is 5.13 Å². The molecule has 1 saturated heterocycles. The number of thiazole rings is 1. The van der Waals surface area contributed by atoms with Gasteiger partial charge in [-0.3, -0.25) is 0 Å². The van der Waals surface area contributed by atoms with Gasteiger partial charge in [0, 0.05) is 12.0 Å². The number of hydrogen-bond acceptors (Lipinski definition) is 6. The van der Waals surface area contributed by atoms with Gasteiger partial charge in [-0.1, -0.05) is 11.3 Å². The molecular weight excluding hydrogens is 342 g/mol. The lowest BCUT2D eigenvalue weighted by Crippen LogP contribution is -2.56. The lowest BCUT2D eigenvalue weighted by molar-refractivity contribution is -0.0688. The van der Waals surface area contributed by atoms with Gasteiger partial charge in [-0.15, -0.1) is 0 Å². The van der Waals surface area contributed by atoms with Crippen molar-refractivity contribution in [3.05, 3.63) is 17.7 Å². The van der Waals surface area contributed by atoms with E-state index in [0.717, 1.165) is 33.1 Å². The first-order chi connectivity index (χ1) is 11.9. The summed E-state index contributed by atoms with van der Waals surface area (Å²) in [4.78, 5) is 15.8. The van der Waals surface area contributed by atoms with E-state index in [4.69, 9.17) is 19.6 Å². The van der Waals surface area contributed by atoms with Gasteiger partial charge in [-0.25, -0.2) is 9.78 Å². The summed E-state index contributed by atoms with van der Waals surface area (Å²) in [5.74, 6) is 0.918. The molecule has 1 aromatic heterocycles. The first kappa shape index (κ1) is 16.4. The van der Waals surface area contributed by atoms with Crippen LogP contribution in [0, 0.1) is 0 Å². The maximum atomic E-state index is 11.1. The van der Waals surface area contributed by atoms with Crippen molar-refractivity contribution in [2.75, 3.05) is 18.5 Å². The highest BCUT2D eigenvalue weighted by Crippen LogP contribution is 2.37. The minimum absolute atomic E-state index is 0.0790. The van der Waals surface area contributed by atoms with Gasteiger partial charge in [-0.05, 0) is 32.4 Å². The predicted molar refractivity (Wildman–Crippen MR) is 95.8 cm³/mol. The number of carbonyl (C=O) groups is 1. The summed E-state index contributed by atoms with van der Waals surface area (Å²) in [6, 6.07) is 3.64. The maximum absolute atomic E-state index is 11.1. The van der Waals surface area contributed by atoms with Crippen LogP contribution < -0.4 is 15.4 Å². The molecule has 0 aliphatic carbocycles. The number of hydrogen-bond donors (Lipinski definition) is 3. The summed E-state index contributed by atoms with van der Waals surface area (Å²) in [7, 11) is 0. The lowest BCUT2D eigenvalue weighted by atomic mass is 9.91. The second-order valence-corrected chi connectivity index (χ2v) is 8.12. The molecule has 4 rings (SSSR count). The highest BCUT2D eigenvalue weighted by atomic mass is 32.1. The topological polar surface area (TPSA) is 92.7 Å². The minimum atomic E-state index is -1.04. The summed E-state index contributed by atoms with van der Waals surface area (Å²) in [6.07, 6.45) is 0.526. The smallest absolute Gasteiger partial charge is 0.405 e. The van der Waals surface area contributed by atoms with E-state index in [1.165, 1.54) is 0 Å². The number of fused-ring (bicyclic) bond motifs is 3. The van der Waals surface area contributed by atoms with Gasteiger partial charge in [0.05, 0.1) is 41.1 Å². The fourth-order valence-corrected chi connectivity index (χ4v) is 4.46. The normalized spacial score (nSPS) is 24.6. The summed E-state index contributed by atoms with van der Waals surface area (Å²) >= 11 is 1.58. The number of carboxylic acid groups (broad SMARTS) is 1. The van der Waals surface area contributed by atoms with Crippen molar-refractivity contribution in [2.24, 2.45) is 0 Å². The van der Waals surface area contributed by atoms with E-state index in [9.17, 15) is 4.79 Å². The molecule has 2 atom stereocenters. The molecule has 1 aromatic carbocycles. The molecule has 0 spiro atoms. The maximum Gasteiger partial charge on any atom is 0.405 e. The largest absolute Gasteiger partial charge is 0.493 e. The van der Waals surface area contributed by atoms with Crippen molar-refractivity contribution in [1.29, 1.82) is 0 Å². The Labute approximate surface area is 149 Å². The van der Waals surface area contributed by atoms with Crippen LogP contribution in [0.25, 0.3) is 10.2 Å². The van der Waals surface area contributed by atoms with Gasteiger partial charge < -0.3 is 25.2 Å². The molecule has 2 aliphatic heterocycles. The number of aromatic nitrogens is 1. The van der Waals surface area contributed by atoms with Crippen LogP contribution in [0.5, 0.6) is 5.75 Å². The van der Waals surface area contributed by atoms with Crippen LogP contribution in [0.1, 0.15) is 25.8 Å². The molecule has 1 amide bonds. The molecule has 0 radical (unpaired) electrons. The highest BCUT2D eigenvalue weighted by molar-refractivity contribution is 7.22. The van der Waals surface area contributed by atoms with Crippen LogP contribution in [-0.2, 0) is 11.2 Å². The van der Waals surface area contributed by atoms with Gasteiger partial charge in [-0.2, -0.15) is 0 Å². The molecule has 1 fully saturated rings. The standard InChI is InChI=1S/C17H21N3O4S/c1-17(2)7-10(11(8-24-17)19-16(21)22)18-15-20-14-9-5-6-23-12(9)3-4-13(14)25-15/h3-4,10-11,19H,5-8H2,1-2H3,(H,18,20)(H,21,22)/t10-,11+/m1/s1. The van der Waals surface area contributed by atoms with Crippen LogP contribution in [0.4, 0.5) is 9.93 Å². The van der Waals surface area contributed by atoms with E-state index in [1.54, 1.807) is 11.3 Å². The molecule has 7 nitrogen and oxygen atoms in total. The van der Waals surface area contributed by atoms with Gasteiger partial charge in [0.25, 0.3) is 0 Å². The third-order valence-corrected chi connectivity index (χ3v) is 5.65. The second-order valence-electron chi connectivity index (χ2n) is 7.09. The van der Waals surface area contributed by atoms with E-state index in [-0.39, 0.29) is 17.7 Å². The van der Waals surface area contributed by atoms with E-state index in [1.807, 2.05) is 26.0 Å². The molecule has 2 aromatic rings. The van der Waals surface area contributed by atoms with Crippen LogP contribution >= 0.6 is 11.3 Å². The summed E-state index contributed by atoms with van der Waals surface area (Å²) in [5.41, 5.74) is 1.84. The number of nitrogens with zero attached hydrogens (tertiary/aromatic N) is 1. The Morgan fingerprint density at radius 1 is 1.40 bits per heavy atom. The highest BCUT2D eigenvalue weighted by Gasteiger charge is 2.37. The number of benzene rings is 1. The Morgan fingerprint density at radius 3 is 3.04 bits per heavy atom. The number of rotatable bonds is 3. The molecule has 3 heterocycles. The average molecular weight is 363 g/mol. The van der Waals surface area contributed by atoms with Crippen molar-refractivity contribution >= 4 is 32.8 Å². The summed E-state index contributed by atoms with van der Waals surface area (Å²) in [6.45, 7) is 5.07. The van der Waals surface area contributed by atoms with E-state index in [2.05, 4.69) is 10.6 Å². The Balaban J connectivity index is 1.60. The molecular formula is C17H21N3O4S. The Kier molecular flexibility index (Phi) is 3.96. The van der Waals surface area contributed by atoms with Gasteiger partial charge in [0.1, 0.15) is 5.75 Å². The third kappa shape index (κ3) is 3.23. The number of anilines is 1. The zero-order valence-electron chi connectivity index (χ0n) is 14.2. The van der Waals surface area contributed by atoms with Crippen LogP contribution in [0.2, 0.25) is 0 Å². The van der Waals surface area contributed by atoms with Gasteiger partial charge >= 0.3 is 6.09 Å². The molecule has 3 N–H and O–H groups in total. The zero-order valence-corrected chi connectivity index (χ0v) is 15.0. The number of amides is 1. The quantitative estimate of drug-likeness (QED) is 0.777. The minimum Gasteiger partial charge on any atom is -0.493 e. The molecule has 0 saturated carbocycles. The number of nitrogens with one attached hydrogen (secondary N) is 2. The average Bonchev–Trinajstić information content (AvgIpc) is 3.14. The Hall–Kier alpha value is -2.06.